The van der Waals surface area contributed by atoms with E-state index in [2.05, 4.69) is 45.4 Å². The summed E-state index contributed by atoms with van der Waals surface area (Å²) in [6.45, 7) is 1.65. The number of rotatable bonds is 5. The summed E-state index contributed by atoms with van der Waals surface area (Å²) in [7, 11) is 0. The fourth-order valence-corrected chi connectivity index (χ4v) is 4.33. The summed E-state index contributed by atoms with van der Waals surface area (Å²) in [4.78, 5) is 33.9. The molecule has 0 aliphatic carbocycles. The summed E-state index contributed by atoms with van der Waals surface area (Å²) in [5.74, 6) is 0.105. The fraction of sp³-hybridized carbons (Fsp3) is 0.400. The van der Waals surface area contributed by atoms with E-state index in [-0.39, 0.29) is 17.9 Å². The van der Waals surface area contributed by atoms with Crippen molar-refractivity contribution in [1.82, 2.24) is 4.90 Å². The second kappa shape index (κ2) is 8.18. The second-order valence-corrected chi connectivity index (χ2v) is 8.00. The minimum atomic E-state index is -0.314. The van der Waals surface area contributed by atoms with E-state index in [0.29, 0.717) is 25.0 Å². The van der Waals surface area contributed by atoms with Crippen LogP contribution in [0.15, 0.2) is 40.5 Å². The average Bonchev–Trinajstić information content (AvgIpc) is 3.36. The van der Waals surface area contributed by atoms with Gasteiger partial charge in [0.05, 0.1) is 11.5 Å². The molecule has 3 aliphatic heterocycles. The number of thioether (sulfide) groups is 1. The van der Waals surface area contributed by atoms with Gasteiger partial charge in [0.2, 0.25) is 5.91 Å². The van der Waals surface area contributed by atoms with Crippen LogP contribution in [-0.4, -0.2) is 52.5 Å². The maximum absolute atomic E-state index is 11.3. The fourth-order valence-electron chi connectivity index (χ4n) is 3.50. The lowest BCUT2D eigenvalue weighted by Gasteiger charge is -2.27. The Labute approximate surface area is 167 Å². The smallest absolute Gasteiger partial charge is 0.258 e. The summed E-state index contributed by atoms with van der Waals surface area (Å²) < 4.78 is 0. The maximum atomic E-state index is 11.3. The van der Waals surface area contributed by atoms with Crippen molar-refractivity contribution in [3.05, 3.63) is 41.5 Å². The van der Waals surface area contributed by atoms with E-state index in [1.165, 1.54) is 22.9 Å². The molecular formula is C20H22N4O3S. The molecule has 8 heteroatoms. The van der Waals surface area contributed by atoms with Gasteiger partial charge >= 0.3 is 0 Å². The van der Waals surface area contributed by atoms with Crippen LogP contribution >= 0.6 is 11.8 Å². The van der Waals surface area contributed by atoms with Gasteiger partial charge < -0.3 is 15.5 Å². The molecule has 1 unspecified atom stereocenters. The SMILES string of the molecule is NC(=O)CCC1CC(c2ccc(C3=CCN(C4=NC(=O)CS4)CC3)cc2)=NO1. The molecular weight excluding hydrogens is 376 g/mol. The Bertz CT molecular complexity index is 876. The predicted molar refractivity (Wildman–Crippen MR) is 110 cm³/mol. The largest absolute Gasteiger partial charge is 0.392 e. The molecule has 0 saturated heterocycles. The highest BCUT2D eigenvalue weighted by atomic mass is 32.2. The van der Waals surface area contributed by atoms with Gasteiger partial charge in [-0.05, 0) is 29.5 Å². The van der Waals surface area contributed by atoms with Crippen molar-refractivity contribution in [1.29, 1.82) is 0 Å². The van der Waals surface area contributed by atoms with Crippen LogP contribution in [0, 0.1) is 0 Å². The number of hydrogen-bond acceptors (Lipinski definition) is 6. The summed E-state index contributed by atoms with van der Waals surface area (Å²) >= 11 is 1.52. The van der Waals surface area contributed by atoms with Gasteiger partial charge in [0.15, 0.2) is 5.17 Å². The molecule has 3 heterocycles. The van der Waals surface area contributed by atoms with E-state index in [0.717, 1.165) is 36.0 Å². The van der Waals surface area contributed by atoms with Gasteiger partial charge in [-0.15, -0.1) is 0 Å². The molecule has 3 aliphatic rings. The van der Waals surface area contributed by atoms with Crippen LogP contribution in [0.2, 0.25) is 0 Å². The van der Waals surface area contributed by atoms with Crippen molar-refractivity contribution < 1.29 is 14.4 Å². The number of carbonyl (C=O) groups excluding carboxylic acids is 2. The van der Waals surface area contributed by atoms with Crippen LogP contribution in [-0.2, 0) is 14.4 Å². The molecule has 0 spiro atoms. The molecule has 1 atom stereocenters. The van der Waals surface area contributed by atoms with E-state index in [1.54, 1.807) is 0 Å². The molecule has 2 N–H and O–H groups in total. The number of amidine groups is 1. The zero-order valence-corrected chi connectivity index (χ0v) is 16.3. The van der Waals surface area contributed by atoms with Crippen LogP contribution in [0.3, 0.4) is 0 Å². The van der Waals surface area contributed by atoms with Gasteiger partial charge in [-0.25, -0.2) is 0 Å². The first-order valence-electron chi connectivity index (χ1n) is 9.38. The van der Waals surface area contributed by atoms with Gasteiger partial charge in [-0.1, -0.05) is 47.3 Å². The number of aliphatic imine (C=N–C) groups is 1. The molecule has 0 radical (unpaired) electrons. The molecule has 0 aromatic heterocycles. The number of nitrogens with two attached hydrogens (primary N) is 1. The zero-order valence-electron chi connectivity index (χ0n) is 15.5. The molecule has 0 fully saturated rings. The molecule has 2 amide bonds. The maximum Gasteiger partial charge on any atom is 0.258 e. The van der Waals surface area contributed by atoms with Crippen molar-refractivity contribution in [2.75, 3.05) is 18.8 Å². The minimum Gasteiger partial charge on any atom is -0.392 e. The third kappa shape index (κ3) is 4.27. The lowest BCUT2D eigenvalue weighted by molar-refractivity contribution is -0.118. The molecule has 0 saturated carbocycles. The lowest BCUT2D eigenvalue weighted by Crippen LogP contribution is -2.32. The van der Waals surface area contributed by atoms with Gasteiger partial charge in [0.1, 0.15) is 6.10 Å². The van der Waals surface area contributed by atoms with Crippen LogP contribution in [0.4, 0.5) is 0 Å². The van der Waals surface area contributed by atoms with Crippen LogP contribution in [0.1, 0.15) is 36.8 Å². The van der Waals surface area contributed by atoms with Gasteiger partial charge in [0.25, 0.3) is 5.91 Å². The predicted octanol–water partition coefficient (Wildman–Crippen LogP) is 2.16. The minimum absolute atomic E-state index is 0.0407. The molecule has 146 valence electrons. The van der Waals surface area contributed by atoms with Crippen LogP contribution in [0.25, 0.3) is 5.57 Å². The van der Waals surface area contributed by atoms with E-state index in [4.69, 9.17) is 10.6 Å². The van der Waals surface area contributed by atoms with E-state index < -0.39 is 0 Å². The lowest BCUT2D eigenvalue weighted by atomic mass is 9.96. The number of amides is 2. The van der Waals surface area contributed by atoms with Crippen molar-refractivity contribution in [2.24, 2.45) is 15.9 Å². The first kappa shape index (κ1) is 18.7. The molecule has 7 nitrogen and oxygen atoms in total. The summed E-state index contributed by atoms with van der Waals surface area (Å²) in [5.41, 5.74) is 9.65. The monoisotopic (exact) mass is 398 g/mol. The molecule has 1 aromatic carbocycles. The molecule has 4 rings (SSSR count). The molecule has 28 heavy (non-hydrogen) atoms. The number of oxime groups is 1. The van der Waals surface area contributed by atoms with E-state index in [1.807, 2.05) is 0 Å². The number of nitrogens with zero attached hydrogens (tertiary/aromatic N) is 3. The number of benzene rings is 1. The molecule has 1 aromatic rings. The third-order valence-electron chi connectivity index (χ3n) is 5.06. The standard InChI is InChI=1S/C20H22N4O3S/c21-18(25)6-5-16-11-17(23-27-16)15-3-1-13(2-4-15)14-7-9-24(10-8-14)20-22-19(26)12-28-20/h1-4,7,16H,5-6,8-12H2,(H2,21,25). The van der Waals surface area contributed by atoms with Crippen molar-refractivity contribution >= 4 is 40.0 Å². The quantitative estimate of drug-likeness (QED) is 0.820. The van der Waals surface area contributed by atoms with Gasteiger partial charge in [-0.2, -0.15) is 4.99 Å². The van der Waals surface area contributed by atoms with Crippen LogP contribution in [0.5, 0.6) is 0 Å². The Kier molecular flexibility index (Phi) is 5.47. The van der Waals surface area contributed by atoms with Crippen LogP contribution < -0.4 is 5.73 Å². The highest BCUT2D eigenvalue weighted by Crippen LogP contribution is 2.27. The first-order chi connectivity index (χ1) is 13.6. The Hall–Kier alpha value is -2.61. The summed E-state index contributed by atoms with van der Waals surface area (Å²) in [6, 6.07) is 8.36. The Morgan fingerprint density at radius 3 is 2.71 bits per heavy atom. The van der Waals surface area contributed by atoms with Crippen molar-refractivity contribution in [3.8, 4) is 0 Å². The zero-order chi connectivity index (χ0) is 19.5. The van der Waals surface area contributed by atoms with Gasteiger partial charge in [0, 0.05) is 25.9 Å². The number of hydrogen-bond donors (Lipinski definition) is 1. The summed E-state index contributed by atoms with van der Waals surface area (Å²) in [5, 5.41) is 5.02. The van der Waals surface area contributed by atoms with E-state index >= 15 is 0 Å². The van der Waals surface area contributed by atoms with Crippen molar-refractivity contribution in [3.63, 3.8) is 0 Å². The van der Waals surface area contributed by atoms with E-state index in [9.17, 15) is 9.59 Å². The topological polar surface area (TPSA) is 97.4 Å². The summed E-state index contributed by atoms with van der Waals surface area (Å²) in [6.07, 6.45) is 4.67. The molecule has 0 bridgehead atoms. The van der Waals surface area contributed by atoms with Gasteiger partial charge in [-0.3, -0.25) is 9.59 Å². The number of carbonyl (C=O) groups is 2. The Morgan fingerprint density at radius 2 is 2.07 bits per heavy atom. The highest BCUT2D eigenvalue weighted by molar-refractivity contribution is 8.14. The van der Waals surface area contributed by atoms with Crippen molar-refractivity contribution in [2.45, 2.75) is 31.8 Å². The normalized spacial score (nSPS) is 21.9. The first-order valence-corrected chi connectivity index (χ1v) is 10.4. The second-order valence-electron chi connectivity index (χ2n) is 7.05. The number of primary amides is 1. The average molecular weight is 398 g/mol. The highest BCUT2D eigenvalue weighted by Gasteiger charge is 2.24. The Morgan fingerprint density at radius 1 is 1.29 bits per heavy atom. The third-order valence-corrected chi connectivity index (χ3v) is 6.06. The Balaban J connectivity index is 1.35.